The van der Waals surface area contributed by atoms with Crippen LogP contribution < -0.4 is 9.80 Å². The zero-order chi connectivity index (χ0) is 20.1. The fourth-order valence-corrected chi connectivity index (χ4v) is 4.01. The molecule has 1 saturated heterocycles. The molecule has 1 aliphatic heterocycles. The van der Waals surface area contributed by atoms with Gasteiger partial charge in [-0.05, 0) is 61.4 Å². The van der Waals surface area contributed by atoms with Gasteiger partial charge < -0.3 is 14.9 Å². The molecule has 0 saturated carbocycles. The first-order chi connectivity index (χ1) is 13.5. The second-order valence-corrected chi connectivity index (χ2v) is 8.45. The number of benzene rings is 2. The molecule has 150 valence electrons. The van der Waals surface area contributed by atoms with Crippen LogP contribution in [0.15, 0.2) is 53.0 Å². The van der Waals surface area contributed by atoms with E-state index in [2.05, 4.69) is 50.0 Å². The van der Waals surface area contributed by atoms with Crippen LogP contribution in [0.2, 0.25) is 0 Å². The lowest BCUT2D eigenvalue weighted by Crippen LogP contribution is -2.46. The van der Waals surface area contributed by atoms with Gasteiger partial charge in [-0.15, -0.1) is 0 Å². The van der Waals surface area contributed by atoms with Crippen molar-refractivity contribution >= 4 is 33.1 Å². The molecule has 0 amide bonds. The molecule has 1 fully saturated rings. The molecule has 28 heavy (non-hydrogen) atoms. The number of halogens is 1. The van der Waals surface area contributed by atoms with E-state index in [0.29, 0.717) is 6.42 Å². The molecule has 0 spiro atoms. The maximum absolute atomic E-state index is 12.5. The molecule has 2 atom stereocenters. The molecule has 0 radical (unpaired) electrons. The molecule has 2 aromatic carbocycles. The zero-order valence-electron chi connectivity index (χ0n) is 16.6. The summed E-state index contributed by atoms with van der Waals surface area (Å²) in [6, 6.07) is 16.4. The van der Waals surface area contributed by atoms with Crippen molar-refractivity contribution in [2.75, 3.05) is 36.0 Å². The molecular weight excluding hydrogens is 416 g/mol. The van der Waals surface area contributed by atoms with Crippen LogP contribution in [-0.2, 0) is 0 Å². The number of carbonyl (C=O) groups excluding carboxylic acids is 1. The number of aliphatic hydroxyl groups excluding tert-OH is 1. The van der Waals surface area contributed by atoms with Gasteiger partial charge in [0.1, 0.15) is 0 Å². The van der Waals surface area contributed by atoms with Crippen LogP contribution in [0, 0.1) is 5.92 Å². The number of carbonyl (C=O) groups is 1. The summed E-state index contributed by atoms with van der Waals surface area (Å²) in [6.07, 6.45) is 0.763. The highest BCUT2D eigenvalue weighted by Gasteiger charge is 2.20. The lowest BCUT2D eigenvalue weighted by Gasteiger charge is -2.37. The molecule has 0 aromatic heterocycles. The van der Waals surface area contributed by atoms with Gasteiger partial charge in [0.15, 0.2) is 5.78 Å². The third-order valence-corrected chi connectivity index (χ3v) is 6.21. The number of ketones is 1. The van der Waals surface area contributed by atoms with Crippen molar-refractivity contribution in [1.82, 2.24) is 0 Å². The van der Waals surface area contributed by atoms with Crippen molar-refractivity contribution in [1.29, 1.82) is 0 Å². The van der Waals surface area contributed by atoms with Crippen LogP contribution in [0.5, 0.6) is 0 Å². The van der Waals surface area contributed by atoms with Gasteiger partial charge in [0, 0.05) is 54.0 Å². The summed E-state index contributed by atoms with van der Waals surface area (Å²) in [5.74, 6) is 0.137. The summed E-state index contributed by atoms with van der Waals surface area (Å²) >= 11 is 3.49. The molecular formula is C23H29BrN2O2. The Morgan fingerprint density at radius 1 is 0.964 bits per heavy atom. The number of Topliss-reactive ketones (excluding diaryl/α,β-unsaturated/α-hetero) is 1. The maximum atomic E-state index is 12.5. The second kappa shape index (κ2) is 9.57. The summed E-state index contributed by atoms with van der Waals surface area (Å²) in [6.45, 7) is 7.66. The van der Waals surface area contributed by atoms with E-state index in [4.69, 9.17) is 0 Å². The first-order valence-electron chi connectivity index (χ1n) is 10.0. The fraction of sp³-hybridized carbons (Fsp3) is 0.435. The Bertz CT molecular complexity index is 766. The number of hydrogen-bond acceptors (Lipinski definition) is 4. The smallest absolute Gasteiger partial charge is 0.163 e. The Morgan fingerprint density at radius 2 is 1.43 bits per heavy atom. The highest BCUT2D eigenvalue weighted by Crippen LogP contribution is 2.24. The Kier molecular flexibility index (Phi) is 7.13. The van der Waals surface area contributed by atoms with E-state index in [9.17, 15) is 9.90 Å². The van der Waals surface area contributed by atoms with Gasteiger partial charge >= 0.3 is 0 Å². The first-order valence-corrected chi connectivity index (χ1v) is 10.8. The summed E-state index contributed by atoms with van der Waals surface area (Å²) in [5, 5.41) is 9.77. The van der Waals surface area contributed by atoms with Crippen LogP contribution in [-0.4, -0.2) is 43.2 Å². The summed E-state index contributed by atoms with van der Waals surface area (Å²) in [5.41, 5.74) is 3.15. The molecule has 1 heterocycles. The molecule has 2 aromatic rings. The maximum Gasteiger partial charge on any atom is 0.163 e. The molecule has 4 nitrogen and oxygen atoms in total. The van der Waals surface area contributed by atoms with Crippen LogP contribution in [0.3, 0.4) is 0 Å². The minimum Gasteiger partial charge on any atom is -0.393 e. The standard InChI is InChI=1S/C23H29BrN2O2/c1-3-18(17(2)27)16-23(28)19-4-8-21(9-5-19)25-12-14-26(15-13-25)22-10-6-20(24)7-11-22/h4-11,17-18,27H,3,12-16H2,1-2H3/t17-,18+/m0/s1. The third-order valence-electron chi connectivity index (χ3n) is 5.68. The van der Waals surface area contributed by atoms with Crippen LogP contribution in [0.4, 0.5) is 11.4 Å². The number of nitrogens with zero attached hydrogens (tertiary/aromatic N) is 2. The Morgan fingerprint density at radius 3 is 1.86 bits per heavy atom. The number of hydrogen-bond donors (Lipinski definition) is 1. The highest BCUT2D eigenvalue weighted by molar-refractivity contribution is 9.10. The summed E-state index contributed by atoms with van der Waals surface area (Å²) in [7, 11) is 0. The zero-order valence-corrected chi connectivity index (χ0v) is 18.2. The molecule has 1 aliphatic rings. The average molecular weight is 445 g/mol. The van der Waals surface area contributed by atoms with Crippen molar-refractivity contribution in [2.24, 2.45) is 5.92 Å². The summed E-state index contributed by atoms with van der Waals surface area (Å²) < 4.78 is 1.10. The van der Waals surface area contributed by atoms with Gasteiger partial charge in [-0.3, -0.25) is 4.79 Å². The van der Waals surface area contributed by atoms with Gasteiger partial charge in [0.25, 0.3) is 0 Å². The predicted molar refractivity (Wildman–Crippen MR) is 119 cm³/mol. The van der Waals surface area contributed by atoms with E-state index >= 15 is 0 Å². The van der Waals surface area contributed by atoms with Crippen molar-refractivity contribution in [3.63, 3.8) is 0 Å². The lowest BCUT2D eigenvalue weighted by atomic mass is 9.92. The third kappa shape index (κ3) is 5.15. The number of rotatable bonds is 7. The summed E-state index contributed by atoms with van der Waals surface area (Å²) in [4.78, 5) is 17.3. The number of aliphatic hydroxyl groups is 1. The number of piperazine rings is 1. The Balaban J connectivity index is 1.57. The van der Waals surface area contributed by atoms with E-state index < -0.39 is 6.10 Å². The lowest BCUT2D eigenvalue weighted by molar-refractivity contribution is 0.0834. The predicted octanol–water partition coefficient (Wildman–Crippen LogP) is 4.76. The Hall–Kier alpha value is -1.85. The largest absolute Gasteiger partial charge is 0.393 e. The van der Waals surface area contributed by atoms with Gasteiger partial charge in [0.2, 0.25) is 0 Å². The molecule has 1 N–H and O–H groups in total. The van der Waals surface area contributed by atoms with Crippen LogP contribution >= 0.6 is 15.9 Å². The molecule has 5 heteroatoms. The van der Waals surface area contributed by atoms with E-state index in [1.807, 2.05) is 31.2 Å². The number of anilines is 2. The van der Waals surface area contributed by atoms with Crippen molar-refractivity contribution in [3.05, 3.63) is 58.6 Å². The van der Waals surface area contributed by atoms with Crippen molar-refractivity contribution in [3.8, 4) is 0 Å². The minimum atomic E-state index is -0.449. The quantitative estimate of drug-likeness (QED) is 0.625. The first kappa shape index (κ1) is 20.9. The topological polar surface area (TPSA) is 43.8 Å². The normalized spacial score (nSPS) is 16.7. The van der Waals surface area contributed by atoms with Crippen molar-refractivity contribution < 1.29 is 9.90 Å². The average Bonchev–Trinajstić information content (AvgIpc) is 2.72. The van der Waals surface area contributed by atoms with Gasteiger partial charge in [-0.25, -0.2) is 0 Å². The van der Waals surface area contributed by atoms with Gasteiger partial charge in [-0.1, -0.05) is 29.3 Å². The molecule has 0 aliphatic carbocycles. The van der Waals surface area contributed by atoms with Gasteiger partial charge in [0.05, 0.1) is 6.10 Å². The molecule has 0 unspecified atom stereocenters. The molecule has 0 bridgehead atoms. The van der Waals surface area contributed by atoms with E-state index in [-0.39, 0.29) is 11.7 Å². The monoisotopic (exact) mass is 444 g/mol. The van der Waals surface area contributed by atoms with E-state index in [1.54, 1.807) is 6.92 Å². The van der Waals surface area contributed by atoms with E-state index in [1.165, 1.54) is 5.69 Å². The van der Waals surface area contributed by atoms with Crippen LogP contribution in [0.25, 0.3) is 0 Å². The van der Waals surface area contributed by atoms with Crippen LogP contribution in [0.1, 0.15) is 37.0 Å². The van der Waals surface area contributed by atoms with Gasteiger partial charge in [-0.2, -0.15) is 0 Å². The van der Waals surface area contributed by atoms with Crippen molar-refractivity contribution in [2.45, 2.75) is 32.8 Å². The fourth-order valence-electron chi connectivity index (χ4n) is 3.74. The highest BCUT2D eigenvalue weighted by atomic mass is 79.9. The molecule has 3 rings (SSSR count). The second-order valence-electron chi connectivity index (χ2n) is 7.53. The minimum absolute atomic E-state index is 0.0267. The Labute approximate surface area is 176 Å². The van der Waals surface area contributed by atoms with E-state index in [0.717, 1.165) is 48.3 Å². The SMILES string of the molecule is CC[C@H](CC(=O)c1ccc(N2CCN(c3ccc(Br)cc3)CC2)cc1)[C@H](C)O.